The van der Waals surface area contributed by atoms with Crippen molar-refractivity contribution >= 4 is 0 Å². The van der Waals surface area contributed by atoms with E-state index in [4.69, 9.17) is 9.47 Å². The Balaban J connectivity index is 1.54. The molecule has 2 nitrogen and oxygen atoms in total. The third-order valence-electron chi connectivity index (χ3n) is 7.51. The minimum Gasteiger partial charge on any atom is -0.373 e. The third-order valence-corrected chi connectivity index (χ3v) is 7.51. The first kappa shape index (κ1) is 20.4. The first-order valence-corrected chi connectivity index (χ1v) is 11.1. The van der Waals surface area contributed by atoms with Crippen LogP contribution in [-0.2, 0) is 9.47 Å². The highest BCUT2D eigenvalue weighted by Gasteiger charge is 2.41. The minimum absolute atomic E-state index is 0.0255. The number of rotatable bonds is 4. The van der Waals surface area contributed by atoms with Crippen molar-refractivity contribution in [1.29, 1.82) is 0 Å². The fourth-order valence-electron chi connectivity index (χ4n) is 5.56. The molecule has 3 atom stereocenters. The van der Waals surface area contributed by atoms with Crippen LogP contribution in [0.5, 0.6) is 0 Å². The Morgan fingerprint density at radius 3 is 2.46 bits per heavy atom. The number of ether oxygens (including phenoxy) is 2. The highest BCUT2D eigenvalue weighted by Crippen LogP contribution is 2.45. The molecule has 0 bridgehead atoms. The van der Waals surface area contributed by atoms with E-state index in [1.165, 1.54) is 50.5 Å². The van der Waals surface area contributed by atoms with Crippen LogP contribution < -0.4 is 0 Å². The molecule has 2 heteroatoms. The molecule has 0 amide bonds. The van der Waals surface area contributed by atoms with E-state index in [9.17, 15) is 0 Å². The zero-order valence-electron chi connectivity index (χ0n) is 18.1. The van der Waals surface area contributed by atoms with Crippen molar-refractivity contribution in [2.24, 2.45) is 29.1 Å². The second-order valence-electron chi connectivity index (χ2n) is 11.0. The highest BCUT2D eigenvalue weighted by atomic mass is 16.5. The third kappa shape index (κ3) is 4.73. The van der Waals surface area contributed by atoms with Gasteiger partial charge >= 0.3 is 0 Å². The molecule has 1 spiro atoms. The van der Waals surface area contributed by atoms with Gasteiger partial charge in [-0.25, -0.2) is 0 Å². The minimum atomic E-state index is 0.0255. The van der Waals surface area contributed by atoms with Gasteiger partial charge in [0.2, 0.25) is 0 Å². The van der Waals surface area contributed by atoms with Gasteiger partial charge in [-0.2, -0.15) is 0 Å². The molecule has 0 saturated heterocycles. The van der Waals surface area contributed by atoms with Gasteiger partial charge in [-0.15, -0.1) is 0 Å². The van der Waals surface area contributed by atoms with E-state index in [-0.39, 0.29) is 5.60 Å². The molecular formula is C24H42O2. The van der Waals surface area contributed by atoms with Crippen LogP contribution in [0, 0.1) is 29.1 Å². The second-order valence-corrected chi connectivity index (χ2v) is 11.0. The Bertz CT molecular complexity index is 491. The Labute approximate surface area is 162 Å². The monoisotopic (exact) mass is 362 g/mol. The van der Waals surface area contributed by atoms with Crippen LogP contribution >= 0.6 is 0 Å². The molecule has 0 radical (unpaired) electrons. The summed E-state index contributed by atoms with van der Waals surface area (Å²) in [6, 6.07) is 0. The Kier molecular flexibility index (Phi) is 6.24. The van der Waals surface area contributed by atoms with E-state index in [1.807, 2.05) is 0 Å². The molecule has 2 saturated carbocycles. The molecule has 150 valence electrons. The van der Waals surface area contributed by atoms with Crippen LogP contribution in [0.25, 0.3) is 0 Å². The number of hydrogen-bond donors (Lipinski definition) is 0. The average Bonchev–Trinajstić information content (AvgIpc) is 2.95. The lowest BCUT2D eigenvalue weighted by Gasteiger charge is -2.41. The maximum Gasteiger partial charge on any atom is 0.0871 e. The summed E-state index contributed by atoms with van der Waals surface area (Å²) >= 11 is 0. The van der Waals surface area contributed by atoms with Gasteiger partial charge in [-0.1, -0.05) is 48.0 Å². The summed E-state index contributed by atoms with van der Waals surface area (Å²) in [5.74, 6) is 3.09. The topological polar surface area (TPSA) is 18.5 Å². The summed E-state index contributed by atoms with van der Waals surface area (Å²) in [5.41, 5.74) is 1.84. The normalized spacial score (nSPS) is 38.8. The molecule has 0 aromatic carbocycles. The lowest BCUT2D eigenvalue weighted by molar-refractivity contribution is -0.0394. The van der Waals surface area contributed by atoms with Crippen molar-refractivity contribution in [2.45, 2.75) is 98.2 Å². The fraction of sp³-hybridized carbons (Fsp3) is 0.917. The molecule has 2 aliphatic carbocycles. The van der Waals surface area contributed by atoms with Crippen LogP contribution in [0.3, 0.4) is 0 Å². The standard InChI is InChI=1S/C24H42O2/c1-17(2)21-8-7-18(3)13-22(21)25-15-19-14-24(26-16-19)11-9-20(10-12-24)23(4,5)6/h14,17-18,20-22H,7-13,15-16H2,1-6H3/t18-,20?,21+,22-,24?/m1/s1. The molecule has 26 heavy (non-hydrogen) atoms. The molecule has 0 unspecified atom stereocenters. The van der Waals surface area contributed by atoms with Gasteiger partial charge in [0.15, 0.2) is 0 Å². The first-order valence-electron chi connectivity index (χ1n) is 11.1. The molecule has 2 fully saturated rings. The SMILES string of the molecule is CC(C)[C@@H]1CC[C@@H](C)C[C@H]1OCC1=CC2(CCC(C(C)(C)C)CC2)OC1. The summed E-state index contributed by atoms with van der Waals surface area (Å²) in [5, 5.41) is 0. The maximum atomic E-state index is 6.47. The van der Waals surface area contributed by atoms with Gasteiger partial charge in [0, 0.05) is 0 Å². The summed E-state index contributed by atoms with van der Waals surface area (Å²) in [4.78, 5) is 0. The second kappa shape index (κ2) is 7.95. The number of hydrogen-bond acceptors (Lipinski definition) is 2. The van der Waals surface area contributed by atoms with E-state index in [1.54, 1.807) is 0 Å². The smallest absolute Gasteiger partial charge is 0.0871 e. The predicted molar refractivity (Wildman–Crippen MR) is 109 cm³/mol. The van der Waals surface area contributed by atoms with Gasteiger partial charge in [0.25, 0.3) is 0 Å². The lowest BCUT2D eigenvalue weighted by atomic mass is 9.68. The Hall–Kier alpha value is -0.340. The molecule has 1 heterocycles. The maximum absolute atomic E-state index is 6.47. The predicted octanol–water partition coefficient (Wildman–Crippen LogP) is 6.40. The summed E-state index contributed by atoms with van der Waals surface area (Å²) < 4.78 is 12.8. The molecule has 0 N–H and O–H groups in total. The summed E-state index contributed by atoms with van der Waals surface area (Å²) in [7, 11) is 0. The molecule has 0 aromatic rings. The van der Waals surface area contributed by atoms with Crippen LogP contribution in [-0.4, -0.2) is 24.9 Å². The van der Waals surface area contributed by atoms with Crippen molar-refractivity contribution in [3.05, 3.63) is 11.6 Å². The van der Waals surface area contributed by atoms with Gasteiger partial charge in [-0.05, 0) is 79.3 Å². The van der Waals surface area contributed by atoms with Crippen molar-refractivity contribution in [3.63, 3.8) is 0 Å². The molecule has 3 rings (SSSR count). The summed E-state index contributed by atoms with van der Waals surface area (Å²) in [6.45, 7) is 15.8. The van der Waals surface area contributed by atoms with Crippen LogP contribution in [0.2, 0.25) is 0 Å². The van der Waals surface area contributed by atoms with E-state index in [0.717, 1.165) is 36.9 Å². The van der Waals surface area contributed by atoms with E-state index in [2.05, 4.69) is 47.6 Å². The van der Waals surface area contributed by atoms with Gasteiger partial charge in [0.1, 0.15) is 0 Å². The van der Waals surface area contributed by atoms with E-state index < -0.39 is 0 Å². The van der Waals surface area contributed by atoms with Gasteiger partial charge < -0.3 is 9.47 Å². The average molecular weight is 363 g/mol. The molecule has 0 aromatic heterocycles. The molecule has 3 aliphatic rings. The van der Waals surface area contributed by atoms with E-state index in [0.29, 0.717) is 11.5 Å². The summed E-state index contributed by atoms with van der Waals surface area (Å²) in [6.07, 6.45) is 11.8. The fourth-order valence-corrected chi connectivity index (χ4v) is 5.56. The Morgan fingerprint density at radius 2 is 1.85 bits per heavy atom. The highest BCUT2D eigenvalue weighted by molar-refractivity contribution is 5.19. The van der Waals surface area contributed by atoms with Gasteiger partial charge in [0.05, 0.1) is 24.9 Å². The largest absolute Gasteiger partial charge is 0.373 e. The van der Waals surface area contributed by atoms with Crippen LogP contribution in [0.15, 0.2) is 11.6 Å². The van der Waals surface area contributed by atoms with Crippen molar-refractivity contribution in [3.8, 4) is 0 Å². The molecular weight excluding hydrogens is 320 g/mol. The Morgan fingerprint density at radius 1 is 1.15 bits per heavy atom. The first-order chi connectivity index (χ1) is 12.2. The van der Waals surface area contributed by atoms with Crippen molar-refractivity contribution in [2.75, 3.05) is 13.2 Å². The lowest BCUT2D eigenvalue weighted by Crippen LogP contribution is -2.36. The van der Waals surface area contributed by atoms with E-state index >= 15 is 0 Å². The molecule has 1 aliphatic heterocycles. The van der Waals surface area contributed by atoms with Crippen LogP contribution in [0.4, 0.5) is 0 Å². The van der Waals surface area contributed by atoms with Crippen molar-refractivity contribution < 1.29 is 9.47 Å². The van der Waals surface area contributed by atoms with Crippen LogP contribution in [0.1, 0.15) is 86.5 Å². The zero-order chi connectivity index (χ0) is 18.9. The zero-order valence-corrected chi connectivity index (χ0v) is 18.1. The van der Waals surface area contributed by atoms with Crippen molar-refractivity contribution in [1.82, 2.24) is 0 Å². The van der Waals surface area contributed by atoms with Gasteiger partial charge in [-0.3, -0.25) is 0 Å². The quantitative estimate of drug-likeness (QED) is 0.539.